The van der Waals surface area contributed by atoms with Crippen molar-refractivity contribution in [2.45, 2.75) is 25.8 Å². The molecule has 0 saturated heterocycles. The molecule has 108 valence electrons. The van der Waals surface area contributed by atoms with E-state index in [9.17, 15) is 8.42 Å². The first kappa shape index (κ1) is 14.7. The van der Waals surface area contributed by atoms with Gasteiger partial charge in [-0.1, -0.05) is 29.4 Å². The van der Waals surface area contributed by atoms with Gasteiger partial charge >= 0.3 is 0 Å². The molecule has 0 unspecified atom stereocenters. The fourth-order valence-electron chi connectivity index (χ4n) is 1.77. The fourth-order valence-corrected chi connectivity index (χ4v) is 2.86. The van der Waals surface area contributed by atoms with Gasteiger partial charge in [-0.05, 0) is 18.1 Å². The van der Waals surface area contributed by atoms with Crippen molar-refractivity contribution in [2.75, 3.05) is 0 Å². The summed E-state index contributed by atoms with van der Waals surface area (Å²) in [6, 6.07) is 8.51. The molecule has 6 nitrogen and oxygen atoms in total. The first-order valence-electron chi connectivity index (χ1n) is 6.07. The molecule has 1 heterocycles. The Hall–Kier alpha value is -1.70. The summed E-state index contributed by atoms with van der Waals surface area (Å²) in [6.45, 7) is 1.73. The second kappa shape index (κ2) is 6.17. The quantitative estimate of drug-likeness (QED) is 0.832. The first-order chi connectivity index (χ1) is 9.48. The zero-order valence-corrected chi connectivity index (χ0v) is 11.9. The first-order valence-corrected chi connectivity index (χ1v) is 7.72. The van der Waals surface area contributed by atoms with Gasteiger partial charge in [0.2, 0.25) is 10.0 Å². The lowest BCUT2D eigenvalue weighted by molar-refractivity contribution is 0.282. The number of aromatic nitrogens is 1. The summed E-state index contributed by atoms with van der Waals surface area (Å²) in [5.41, 5.74) is 1.85. The maximum atomic E-state index is 11.9. The number of aliphatic hydroxyl groups is 1. The Morgan fingerprint density at radius 3 is 2.70 bits per heavy atom. The van der Waals surface area contributed by atoms with Crippen LogP contribution in [0.3, 0.4) is 0 Å². The SMILES string of the molecule is Cc1cc(CNS(=O)(=O)Cc2cccc(CO)c2)no1. The number of nitrogens with one attached hydrogen (secondary N) is 1. The minimum absolute atomic E-state index is 0.0966. The van der Waals surface area contributed by atoms with Gasteiger partial charge in [0.25, 0.3) is 0 Å². The van der Waals surface area contributed by atoms with E-state index < -0.39 is 10.0 Å². The molecular formula is C13H16N2O4S. The van der Waals surface area contributed by atoms with E-state index in [1.54, 1.807) is 37.3 Å². The zero-order valence-electron chi connectivity index (χ0n) is 11.0. The largest absolute Gasteiger partial charge is 0.392 e. The van der Waals surface area contributed by atoms with Crippen molar-refractivity contribution in [1.82, 2.24) is 9.88 Å². The molecule has 1 aromatic carbocycles. The molecule has 20 heavy (non-hydrogen) atoms. The zero-order chi connectivity index (χ0) is 14.6. The number of rotatable bonds is 6. The molecule has 0 amide bonds. The molecule has 2 N–H and O–H groups in total. The van der Waals surface area contributed by atoms with Crippen molar-refractivity contribution in [3.05, 3.63) is 52.9 Å². The minimum Gasteiger partial charge on any atom is -0.392 e. The highest BCUT2D eigenvalue weighted by Gasteiger charge is 2.12. The number of hydrogen-bond donors (Lipinski definition) is 2. The van der Waals surface area contributed by atoms with Crippen LogP contribution >= 0.6 is 0 Å². The van der Waals surface area contributed by atoms with E-state index in [4.69, 9.17) is 9.63 Å². The maximum absolute atomic E-state index is 11.9. The summed E-state index contributed by atoms with van der Waals surface area (Å²) in [6.07, 6.45) is 0. The number of aliphatic hydroxyl groups excluding tert-OH is 1. The summed E-state index contributed by atoms with van der Waals surface area (Å²) in [7, 11) is -3.46. The summed E-state index contributed by atoms with van der Waals surface area (Å²) in [4.78, 5) is 0. The number of hydrogen-bond acceptors (Lipinski definition) is 5. The fraction of sp³-hybridized carbons (Fsp3) is 0.308. The molecule has 0 saturated carbocycles. The molecule has 0 radical (unpaired) electrons. The molecule has 0 aliphatic carbocycles. The smallest absolute Gasteiger partial charge is 0.216 e. The molecule has 0 spiro atoms. The third kappa shape index (κ3) is 4.16. The Morgan fingerprint density at radius 2 is 2.05 bits per heavy atom. The lowest BCUT2D eigenvalue weighted by Crippen LogP contribution is -2.24. The number of benzene rings is 1. The van der Waals surface area contributed by atoms with Crippen LogP contribution < -0.4 is 4.72 Å². The van der Waals surface area contributed by atoms with Crippen LogP contribution in [0, 0.1) is 6.92 Å². The average Bonchev–Trinajstić information content (AvgIpc) is 2.82. The number of sulfonamides is 1. The molecule has 7 heteroatoms. The van der Waals surface area contributed by atoms with E-state index >= 15 is 0 Å². The third-order valence-electron chi connectivity index (χ3n) is 2.68. The third-order valence-corrected chi connectivity index (χ3v) is 3.98. The van der Waals surface area contributed by atoms with E-state index in [-0.39, 0.29) is 18.9 Å². The van der Waals surface area contributed by atoms with Gasteiger partial charge in [0.05, 0.1) is 24.6 Å². The predicted octanol–water partition coefficient (Wildman–Crippen LogP) is 1.09. The minimum atomic E-state index is -3.46. The monoisotopic (exact) mass is 296 g/mol. The van der Waals surface area contributed by atoms with E-state index in [1.807, 2.05) is 0 Å². The summed E-state index contributed by atoms with van der Waals surface area (Å²) >= 11 is 0. The highest BCUT2D eigenvalue weighted by molar-refractivity contribution is 7.88. The standard InChI is InChI=1S/C13H16N2O4S/c1-10-5-13(15-19-10)7-14-20(17,18)9-12-4-2-3-11(6-12)8-16/h2-6,14,16H,7-9H2,1H3. The molecule has 2 aromatic rings. The molecule has 0 aliphatic heterocycles. The Kier molecular flexibility index (Phi) is 4.53. The van der Waals surface area contributed by atoms with E-state index in [0.717, 1.165) is 0 Å². The highest BCUT2D eigenvalue weighted by Crippen LogP contribution is 2.09. The van der Waals surface area contributed by atoms with Crippen LogP contribution in [0.4, 0.5) is 0 Å². The number of aryl methyl sites for hydroxylation is 1. The van der Waals surface area contributed by atoms with Crippen LogP contribution in [-0.4, -0.2) is 18.7 Å². The predicted molar refractivity (Wildman–Crippen MR) is 73.1 cm³/mol. The van der Waals surface area contributed by atoms with Crippen molar-refractivity contribution < 1.29 is 18.0 Å². The molecule has 2 rings (SSSR count). The molecular weight excluding hydrogens is 280 g/mol. The van der Waals surface area contributed by atoms with Crippen LogP contribution in [0.1, 0.15) is 22.6 Å². The van der Waals surface area contributed by atoms with Crippen LogP contribution in [0.15, 0.2) is 34.9 Å². The molecule has 0 aliphatic rings. The van der Waals surface area contributed by atoms with E-state index in [0.29, 0.717) is 22.6 Å². The van der Waals surface area contributed by atoms with Crippen molar-refractivity contribution in [3.8, 4) is 0 Å². The molecule has 0 fully saturated rings. The Morgan fingerprint density at radius 1 is 1.30 bits per heavy atom. The van der Waals surface area contributed by atoms with Crippen LogP contribution in [0.5, 0.6) is 0 Å². The number of nitrogens with zero attached hydrogens (tertiary/aromatic N) is 1. The second-order valence-electron chi connectivity index (χ2n) is 4.49. The highest BCUT2D eigenvalue weighted by atomic mass is 32.2. The maximum Gasteiger partial charge on any atom is 0.216 e. The lowest BCUT2D eigenvalue weighted by atomic mass is 10.1. The average molecular weight is 296 g/mol. The van der Waals surface area contributed by atoms with Crippen LogP contribution in [0.2, 0.25) is 0 Å². The topological polar surface area (TPSA) is 92.4 Å². The normalized spacial score (nSPS) is 11.7. The van der Waals surface area contributed by atoms with Crippen LogP contribution in [-0.2, 0) is 28.9 Å². The Balaban J connectivity index is 1.99. The Bertz CT molecular complexity index is 679. The van der Waals surface area contributed by atoms with Gasteiger partial charge in [0.15, 0.2) is 0 Å². The van der Waals surface area contributed by atoms with E-state index in [2.05, 4.69) is 9.88 Å². The van der Waals surface area contributed by atoms with Gasteiger partial charge in [0.1, 0.15) is 5.76 Å². The van der Waals surface area contributed by atoms with E-state index in [1.165, 1.54) is 0 Å². The van der Waals surface area contributed by atoms with Gasteiger partial charge < -0.3 is 9.63 Å². The summed E-state index contributed by atoms with van der Waals surface area (Å²) in [5.74, 6) is 0.493. The van der Waals surface area contributed by atoms with Crippen molar-refractivity contribution >= 4 is 10.0 Å². The molecule has 0 atom stereocenters. The van der Waals surface area contributed by atoms with Crippen molar-refractivity contribution in [2.24, 2.45) is 0 Å². The van der Waals surface area contributed by atoms with Crippen molar-refractivity contribution in [1.29, 1.82) is 0 Å². The van der Waals surface area contributed by atoms with Crippen molar-refractivity contribution in [3.63, 3.8) is 0 Å². The summed E-state index contributed by atoms with van der Waals surface area (Å²) < 4.78 is 31.2. The van der Waals surface area contributed by atoms with Gasteiger partial charge in [-0.2, -0.15) is 0 Å². The molecule has 0 bridgehead atoms. The van der Waals surface area contributed by atoms with Crippen LogP contribution in [0.25, 0.3) is 0 Å². The van der Waals surface area contributed by atoms with Gasteiger partial charge in [0, 0.05) is 6.07 Å². The Labute approximate surface area is 117 Å². The summed E-state index contributed by atoms with van der Waals surface area (Å²) in [5, 5.41) is 12.7. The van der Waals surface area contributed by atoms with Gasteiger partial charge in [-0.15, -0.1) is 0 Å². The molecule has 1 aromatic heterocycles. The lowest BCUT2D eigenvalue weighted by Gasteiger charge is -2.06. The van der Waals surface area contributed by atoms with Gasteiger partial charge in [-0.3, -0.25) is 0 Å². The second-order valence-corrected chi connectivity index (χ2v) is 6.29. The van der Waals surface area contributed by atoms with Gasteiger partial charge in [-0.25, -0.2) is 13.1 Å².